The van der Waals surface area contributed by atoms with E-state index < -0.39 is 0 Å². The van der Waals surface area contributed by atoms with Crippen LogP contribution in [0, 0.1) is 0 Å². The SMILES string of the molecule is Clc1cccc(NCc2nc(-c3ccncc3)n[nH]2)c1. The van der Waals surface area contributed by atoms with Gasteiger partial charge in [0, 0.05) is 28.7 Å². The van der Waals surface area contributed by atoms with Crippen LogP contribution >= 0.6 is 11.6 Å². The minimum atomic E-state index is 0.554. The first kappa shape index (κ1) is 12.6. The number of nitrogens with zero attached hydrogens (tertiary/aromatic N) is 3. The lowest BCUT2D eigenvalue weighted by Gasteiger charge is -2.03. The predicted molar refractivity (Wildman–Crippen MR) is 78.4 cm³/mol. The normalized spacial score (nSPS) is 10.4. The first-order chi connectivity index (χ1) is 9.81. The van der Waals surface area contributed by atoms with Gasteiger partial charge >= 0.3 is 0 Å². The molecule has 3 aromatic rings. The molecule has 0 amide bonds. The van der Waals surface area contributed by atoms with Gasteiger partial charge in [0.25, 0.3) is 0 Å². The summed E-state index contributed by atoms with van der Waals surface area (Å²) in [5, 5.41) is 11.0. The lowest BCUT2D eigenvalue weighted by molar-refractivity contribution is 0.955. The first-order valence-corrected chi connectivity index (χ1v) is 6.50. The van der Waals surface area contributed by atoms with Gasteiger partial charge in [0.1, 0.15) is 5.82 Å². The molecule has 0 unspecified atom stereocenters. The van der Waals surface area contributed by atoms with Crippen molar-refractivity contribution in [3.05, 3.63) is 59.6 Å². The third-order valence-corrected chi connectivity index (χ3v) is 2.99. The van der Waals surface area contributed by atoms with Gasteiger partial charge < -0.3 is 5.32 Å². The molecule has 0 aliphatic carbocycles. The van der Waals surface area contributed by atoms with Crippen molar-refractivity contribution >= 4 is 17.3 Å². The number of rotatable bonds is 4. The zero-order valence-corrected chi connectivity index (χ0v) is 11.3. The van der Waals surface area contributed by atoms with Crippen molar-refractivity contribution in [2.75, 3.05) is 5.32 Å². The van der Waals surface area contributed by atoms with Gasteiger partial charge in [-0.2, -0.15) is 5.10 Å². The van der Waals surface area contributed by atoms with E-state index in [1.165, 1.54) is 0 Å². The molecule has 2 heterocycles. The molecular formula is C14H12ClN5. The molecule has 0 atom stereocenters. The smallest absolute Gasteiger partial charge is 0.181 e. The van der Waals surface area contributed by atoms with Crippen molar-refractivity contribution in [3.63, 3.8) is 0 Å². The molecule has 0 aliphatic heterocycles. The van der Waals surface area contributed by atoms with Gasteiger partial charge in [-0.3, -0.25) is 10.1 Å². The Balaban J connectivity index is 1.69. The summed E-state index contributed by atoms with van der Waals surface area (Å²) < 4.78 is 0. The van der Waals surface area contributed by atoms with E-state index >= 15 is 0 Å². The largest absolute Gasteiger partial charge is 0.378 e. The monoisotopic (exact) mass is 285 g/mol. The molecule has 6 heteroatoms. The quantitative estimate of drug-likeness (QED) is 0.773. The second-order valence-corrected chi connectivity index (χ2v) is 4.64. The number of hydrogen-bond acceptors (Lipinski definition) is 4. The highest BCUT2D eigenvalue weighted by atomic mass is 35.5. The number of aromatic nitrogens is 4. The number of halogens is 1. The lowest BCUT2D eigenvalue weighted by atomic mass is 10.2. The highest BCUT2D eigenvalue weighted by molar-refractivity contribution is 6.30. The molecule has 0 fully saturated rings. The number of pyridine rings is 1. The Bertz CT molecular complexity index is 696. The van der Waals surface area contributed by atoms with Crippen LogP contribution in [-0.2, 0) is 6.54 Å². The molecular weight excluding hydrogens is 274 g/mol. The molecule has 100 valence electrons. The second kappa shape index (κ2) is 5.71. The van der Waals surface area contributed by atoms with Crippen molar-refractivity contribution in [3.8, 4) is 11.4 Å². The van der Waals surface area contributed by atoms with Crippen LogP contribution < -0.4 is 5.32 Å². The topological polar surface area (TPSA) is 66.5 Å². The van der Waals surface area contributed by atoms with E-state index in [0.717, 1.165) is 17.1 Å². The van der Waals surface area contributed by atoms with E-state index in [9.17, 15) is 0 Å². The average molecular weight is 286 g/mol. The number of anilines is 1. The molecule has 0 saturated carbocycles. The Morgan fingerprint density at radius 1 is 1.15 bits per heavy atom. The van der Waals surface area contributed by atoms with E-state index in [2.05, 4.69) is 25.5 Å². The molecule has 3 rings (SSSR count). The van der Waals surface area contributed by atoms with E-state index in [1.807, 2.05) is 36.4 Å². The van der Waals surface area contributed by atoms with Gasteiger partial charge in [-0.05, 0) is 30.3 Å². The average Bonchev–Trinajstić information content (AvgIpc) is 2.95. The van der Waals surface area contributed by atoms with Gasteiger partial charge in [0.15, 0.2) is 5.82 Å². The molecule has 20 heavy (non-hydrogen) atoms. The van der Waals surface area contributed by atoms with Crippen molar-refractivity contribution in [2.45, 2.75) is 6.54 Å². The third-order valence-electron chi connectivity index (χ3n) is 2.75. The maximum Gasteiger partial charge on any atom is 0.181 e. The lowest BCUT2D eigenvalue weighted by Crippen LogP contribution is -2.01. The van der Waals surface area contributed by atoms with Gasteiger partial charge in [-0.25, -0.2) is 4.98 Å². The Hall–Kier alpha value is -2.40. The molecule has 0 aliphatic rings. The standard InChI is InChI=1S/C14H12ClN5/c15-11-2-1-3-12(8-11)17-9-13-18-14(20-19-13)10-4-6-16-7-5-10/h1-8,17H,9H2,(H,18,19,20). The maximum atomic E-state index is 5.93. The van der Waals surface area contributed by atoms with Crippen LogP contribution in [0.5, 0.6) is 0 Å². The van der Waals surface area contributed by atoms with Gasteiger partial charge in [-0.15, -0.1) is 0 Å². The molecule has 0 radical (unpaired) electrons. The van der Waals surface area contributed by atoms with Gasteiger partial charge in [0.2, 0.25) is 0 Å². The molecule has 0 bridgehead atoms. The van der Waals surface area contributed by atoms with E-state index in [0.29, 0.717) is 17.4 Å². The number of aromatic amines is 1. The minimum absolute atomic E-state index is 0.554. The number of benzene rings is 1. The maximum absolute atomic E-state index is 5.93. The fraction of sp³-hybridized carbons (Fsp3) is 0.0714. The highest BCUT2D eigenvalue weighted by Gasteiger charge is 2.05. The van der Waals surface area contributed by atoms with E-state index in [4.69, 9.17) is 11.6 Å². The van der Waals surface area contributed by atoms with Crippen molar-refractivity contribution in [2.24, 2.45) is 0 Å². The summed E-state index contributed by atoms with van der Waals surface area (Å²) in [5.41, 5.74) is 1.88. The molecule has 5 nitrogen and oxygen atoms in total. The van der Waals surface area contributed by atoms with Crippen molar-refractivity contribution < 1.29 is 0 Å². The Labute approximate surface area is 121 Å². The van der Waals surface area contributed by atoms with Gasteiger partial charge in [-0.1, -0.05) is 17.7 Å². The van der Waals surface area contributed by atoms with Crippen LogP contribution in [0.2, 0.25) is 5.02 Å². The van der Waals surface area contributed by atoms with Crippen LogP contribution in [0.3, 0.4) is 0 Å². The Morgan fingerprint density at radius 3 is 2.80 bits per heavy atom. The predicted octanol–water partition coefficient (Wildman–Crippen LogP) is 3.13. The minimum Gasteiger partial charge on any atom is -0.378 e. The van der Waals surface area contributed by atoms with Crippen LogP contribution in [0.25, 0.3) is 11.4 Å². The Kier molecular flexibility index (Phi) is 3.60. The van der Waals surface area contributed by atoms with Crippen LogP contribution in [0.4, 0.5) is 5.69 Å². The van der Waals surface area contributed by atoms with Crippen molar-refractivity contribution in [1.29, 1.82) is 0 Å². The van der Waals surface area contributed by atoms with E-state index in [-0.39, 0.29) is 0 Å². The Morgan fingerprint density at radius 2 is 2.00 bits per heavy atom. The highest BCUT2D eigenvalue weighted by Crippen LogP contribution is 2.16. The summed E-state index contributed by atoms with van der Waals surface area (Å²) in [6.45, 7) is 0.554. The molecule has 2 N–H and O–H groups in total. The van der Waals surface area contributed by atoms with E-state index in [1.54, 1.807) is 12.4 Å². The molecule has 0 spiro atoms. The molecule has 0 saturated heterocycles. The fourth-order valence-corrected chi connectivity index (χ4v) is 1.98. The summed E-state index contributed by atoms with van der Waals surface area (Å²) in [5.74, 6) is 1.42. The summed E-state index contributed by atoms with van der Waals surface area (Å²) in [7, 11) is 0. The van der Waals surface area contributed by atoms with Crippen LogP contribution in [0.1, 0.15) is 5.82 Å². The zero-order chi connectivity index (χ0) is 13.8. The summed E-state index contributed by atoms with van der Waals surface area (Å²) in [6, 6.07) is 11.3. The molecule has 2 aromatic heterocycles. The summed E-state index contributed by atoms with van der Waals surface area (Å²) >= 11 is 5.93. The first-order valence-electron chi connectivity index (χ1n) is 6.12. The summed E-state index contributed by atoms with van der Waals surface area (Å²) in [6.07, 6.45) is 3.44. The number of H-pyrrole nitrogens is 1. The zero-order valence-electron chi connectivity index (χ0n) is 10.5. The van der Waals surface area contributed by atoms with Crippen LogP contribution in [0.15, 0.2) is 48.8 Å². The van der Waals surface area contributed by atoms with Gasteiger partial charge in [0.05, 0.1) is 6.54 Å². The number of hydrogen-bond donors (Lipinski definition) is 2. The number of nitrogens with one attached hydrogen (secondary N) is 2. The van der Waals surface area contributed by atoms with Crippen molar-refractivity contribution in [1.82, 2.24) is 20.2 Å². The fourth-order valence-electron chi connectivity index (χ4n) is 1.79. The van der Waals surface area contributed by atoms with Crippen LogP contribution in [-0.4, -0.2) is 20.2 Å². The third kappa shape index (κ3) is 2.95. The second-order valence-electron chi connectivity index (χ2n) is 4.21. The summed E-state index contributed by atoms with van der Waals surface area (Å²) in [4.78, 5) is 8.40. The molecule has 1 aromatic carbocycles.